The van der Waals surface area contributed by atoms with E-state index in [1.165, 1.54) is 6.07 Å². The Kier molecular flexibility index (Phi) is 8.96. The number of ether oxygens (including phenoxy) is 2. The number of aldehydes is 1. The lowest BCUT2D eigenvalue weighted by molar-refractivity contribution is -0.118. The highest BCUT2D eigenvalue weighted by atomic mass is 19.1. The number of carbonyl (C=O) groups is 3. The molecule has 30 heavy (non-hydrogen) atoms. The maximum absolute atomic E-state index is 14.0. The zero-order chi connectivity index (χ0) is 23.1. The van der Waals surface area contributed by atoms with E-state index in [1.54, 1.807) is 26.8 Å². The van der Waals surface area contributed by atoms with E-state index in [1.807, 2.05) is 20.8 Å². The lowest BCUT2D eigenvalue weighted by atomic mass is 10.1. The topological polar surface area (TPSA) is 108 Å². The number of benzene rings is 1. The van der Waals surface area contributed by atoms with Crippen LogP contribution in [-0.2, 0) is 31.9 Å². The Morgan fingerprint density at radius 3 is 2.27 bits per heavy atom. The fraction of sp³-hybridized carbons (Fsp3) is 0.591. The largest absolute Gasteiger partial charge is 0.444 e. The number of anilines is 1. The molecule has 8 heteroatoms. The van der Waals surface area contributed by atoms with Gasteiger partial charge in [-0.3, -0.25) is 4.79 Å². The molecule has 7 nitrogen and oxygen atoms in total. The Balaban J connectivity index is 0.000000479. The van der Waals surface area contributed by atoms with Gasteiger partial charge >= 0.3 is 6.09 Å². The minimum absolute atomic E-state index is 0.157. The van der Waals surface area contributed by atoms with Crippen molar-refractivity contribution >= 4 is 24.0 Å². The van der Waals surface area contributed by atoms with Gasteiger partial charge in [-0.05, 0) is 77.6 Å². The lowest BCUT2D eigenvalue weighted by Crippen LogP contribution is -2.27. The summed E-state index contributed by atoms with van der Waals surface area (Å²) in [6.45, 7) is 11.4. The molecule has 0 saturated carbocycles. The Labute approximate surface area is 177 Å². The molecular weight excluding hydrogens is 391 g/mol. The van der Waals surface area contributed by atoms with E-state index >= 15 is 0 Å². The van der Waals surface area contributed by atoms with E-state index in [4.69, 9.17) is 10.5 Å². The maximum Gasteiger partial charge on any atom is 0.405 e. The average molecular weight is 425 g/mol. The van der Waals surface area contributed by atoms with E-state index < -0.39 is 11.7 Å². The van der Waals surface area contributed by atoms with Crippen LogP contribution in [0, 0.1) is 11.7 Å². The van der Waals surface area contributed by atoms with E-state index in [-0.39, 0.29) is 29.7 Å². The first-order chi connectivity index (χ1) is 13.7. The average Bonchev–Trinajstić information content (AvgIpc) is 2.95. The molecule has 0 fully saturated rings. The highest BCUT2D eigenvalue weighted by molar-refractivity contribution is 5.91. The van der Waals surface area contributed by atoms with Gasteiger partial charge in [0.05, 0.1) is 18.6 Å². The van der Waals surface area contributed by atoms with Crippen molar-refractivity contribution in [3.63, 3.8) is 0 Å². The molecule has 1 unspecified atom stereocenters. The second-order valence-electron chi connectivity index (χ2n) is 9.19. The van der Waals surface area contributed by atoms with Crippen LogP contribution < -0.4 is 11.1 Å². The van der Waals surface area contributed by atoms with Crippen molar-refractivity contribution in [2.45, 2.75) is 72.0 Å². The van der Waals surface area contributed by atoms with Crippen molar-refractivity contribution in [3.05, 3.63) is 29.1 Å². The predicted octanol–water partition coefficient (Wildman–Crippen LogP) is 3.76. The van der Waals surface area contributed by atoms with Gasteiger partial charge in [-0.25, -0.2) is 9.18 Å². The third-order valence-corrected chi connectivity index (χ3v) is 3.98. The fourth-order valence-electron chi connectivity index (χ4n) is 2.86. The summed E-state index contributed by atoms with van der Waals surface area (Å²) in [5.74, 6) is -0.729. The summed E-state index contributed by atoms with van der Waals surface area (Å²) in [7, 11) is 0. The van der Waals surface area contributed by atoms with Crippen molar-refractivity contribution in [1.82, 2.24) is 0 Å². The van der Waals surface area contributed by atoms with Crippen LogP contribution in [0.4, 0.5) is 14.9 Å². The highest BCUT2D eigenvalue weighted by Gasteiger charge is 2.25. The first kappa shape index (κ1) is 25.6. The standard InChI is InChI=1S/C17H22FNO3.C5H11NO2/c1-17(2,3)22-5-4-16(21)19-13-8-12-6-11(10-20)7-14(12)15(18)9-13;1-5(2,3)8-4(6)7/h8-11H,4-7H2,1-3H3,(H,19,21);1-3H3,(H2,6,7). The third kappa shape index (κ3) is 9.82. The first-order valence-electron chi connectivity index (χ1n) is 9.89. The van der Waals surface area contributed by atoms with Gasteiger partial charge in [-0.1, -0.05) is 0 Å². The third-order valence-electron chi connectivity index (χ3n) is 3.98. The molecule has 1 atom stereocenters. The van der Waals surface area contributed by atoms with Crippen LogP contribution in [0.5, 0.6) is 0 Å². The summed E-state index contributed by atoms with van der Waals surface area (Å²) in [4.78, 5) is 32.7. The summed E-state index contributed by atoms with van der Waals surface area (Å²) >= 11 is 0. The molecule has 1 aliphatic carbocycles. The van der Waals surface area contributed by atoms with Crippen LogP contribution in [0.1, 0.15) is 59.1 Å². The Morgan fingerprint density at radius 2 is 1.80 bits per heavy atom. The molecule has 0 saturated heterocycles. The molecule has 1 aromatic rings. The van der Waals surface area contributed by atoms with Crippen LogP contribution in [0.25, 0.3) is 0 Å². The Hall–Kier alpha value is -2.48. The summed E-state index contributed by atoms with van der Waals surface area (Å²) < 4.78 is 24.1. The van der Waals surface area contributed by atoms with Gasteiger partial charge in [-0.2, -0.15) is 0 Å². The number of amides is 2. The SMILES string of the molecule is CC(C)(C)OC(N)=O.CC(C)(C)OCCC(=O)Nc1cc(F)c2c(c1)CC(C=O)C2. The second kappa shape index (κ2) is 10.5. The monoisotopic (exact) mass is 424 g/mol. The number of hydrogen-bond donors (Lipinski definition) is 2. The minimum Gasteiger partial charge on any atom is -0.444 e. The molecule has 0 aromatic heterocycles. The molecule has 3 N–H and O–H groups in total. The lowest BCUT2D eigenvalue weighted by Gasteiger charge is -2.19. The van der Waals surface area contributed by atoms with Gasteiger partial charge < -0.3 is 25.3 Å². The van der Waals surface area contributed by atoms with E-state index in [2.05, 4.69) is 10.1 Å². The molecule has 0 radical (unpaired) electrons. The second-order valence-corrected chi connectivity index (χ2v) is 9.19. The molecule has 2 rings (SSSR count). The molecule has 2 amide bonds. The van der Waals surface area contributed by atoms with Gasteiger partial charge in [-0.15, -0.1) is 0 Å². The van der Waals surface area contributed by atoms with E-state index in [0.717, 1.165) is 11.8 Å². The van der Waals surface area contributed by atoms with E-state index in [0.29, 0.717) is 30.7 Å². The molecule has 0 bridgehead atoms. The minimum atomic E-state index is -0.725. The summed E-state index contributed by atoms with van der Waals surface area (Å²) in [5, 5.41) is 2.68. The molecule has 0 heterocycles. The highest BCUT2D eigenvalue weighted by Crippen LogP contribution is 2.30. The van der Waals surface area contributed by atoms with Gasteiger partial charge in [0.2, 0.25) is 5.91 Å². The van der Waals surface area contributed by atoms with Crippen molar-refractivity contribution in [2.75, 3.05) is 11.9 Å². The van der Waals surface area contributed by atoms with Gasteiger partial charge in [0, 0.05) is 11.6 Å². The molecule has 0 spiro atoms. The first-order valence-corrected chi connectivity index (χ1v) is 9.89. The normalized spacial score (nSPS) is 15.5. The quantitative estimate of drug-likeness (QED) is 0.700. The number of hydrogen-bond acceptors (Lipinski definition) is 5. The van der Waals surface area contributed by atoms with Crippen molar-refractivity contribution in [1.29, 1.82) is 0 Å². The number of primary amides is 1. The number of rotatable bonds is 5. The zero-order valence-electron chi connectivity index (χ0n) is 18.6. The molecule has 1 aliphatic rings. The molecule has 168 valence electrons. The number of carbonyl (C=O) groups excluding carboxylic acids is 3. The Morgan fingerprint density at radius 1 is 1.17 bits per heavy atom. The van der Waals surface area contributed by atoms with Crippen LogP contribution in [-0.4, -0.2) is 36.1 Å². The van der Waals surface area contributed by atoms with Crippen LogP contribution in [0.15, 0.2) is 12.1 Å². The van der Waals surface area contributed by atoms with Gasteiger partial charge in [0.15, 0.2) is 0 Å². The number of halogens is 1. The zero-order valence-corrected chi connectivity index (χ0v) is 18.6. The smallest absolute Gasteiger partial charge is 0.405 e. The van der Waals surface area contributed by atoms with Gasteiger partial charge in [0.1, 0.15) is 17.7 Å². The summed E-state index contributed by atoms with van der Waals surface area (Å²) in [5.41, 5.74) is 5.80. The Bertz CT molecular complexity index is 766. The maximum atomic E-state index is 14.0. The van der Waals surface area contributed by atoms with Crippen molar-refractivity contribution in [2.24, 2.45) is 11.7 Å². The predicted molar refractivity (Wildman–Crippen MR) is 113 cm³/mol. The van der Waals surface area contributed by atoms with Crippen LogP contribution in [0.2, 0.25) is 0 Å². The molecular formula is C22H33FN2O5. The number of nitrogens with one attached hydrogen (secondary N) is 1. The number of nitrogens with two attached hydrogens (primary N) is 1. The van der Waals surface area contributed by atoms with Crippen LogP contribution >= 0.6 is 0 Å². The van der Waals surface area contributed by atoms with E-state index in [9.17, 15) is 18.8 Å². The van der Waals surface area contributed by atoms with Crippen LogP contribution in [0.3, 0.4) is 0 Å². The molecule has 1 aromatic carbocycles. The number of fused-ring (bicyclic) bond motifs is 1. The summed E-state index contributed by atoms with van der Waals surface area (Å²) in [6.07, 6.45) is 1.33. The molecule has 0 aliphatic heterocycles. The van der Waals surface area contributed by atoms with Gasteiger partial charge in [0.25, 0.3) is 0 Å². The van der Waals surface area contributed by atoms with Crippen molar-refractivity contribution < 1.29 is 28.2 Å². The summed E-state index contributed by atoms with van der Waals surface area (Å²) in [6, 6.07) is 3.07. The van der Waals surface area contributed by atoms with Crippen molar-refractivity contribution in [3.8, 4) is 0 Å². The fourth-order valence-corrected chi connectivity index (χ4v) is 2.86.